The molecule has 0 unspecified atom stereocenters. The Labute approximate surface area is 170 Å². The van der Waals surface area contributed by atoms with Crippen LogP contribution in [0.4, 0.5) is 5.69 Å². The average molecular weight is 422 g/mol. The number of hydrogen-bond donors (Lipinski definition) is 2. The number of carbonyl (C=O) groups excluding carboxylic acids is 1. The minimum Gasteiger partial charge on any atom is -0.324 e. The predicted octanol–water partition coefficient (Wildman–Crippen LogP) is 3.02. The summed E-state index contributed by atoms with van der Waals surface area (Å²) in [6.45, 7) is 2.36. The van der Waals surface area contributed by atoms with E-state index in [-0.39, 0.29) is 41.8 Å². The Morgan fingerprint density at radius 1 is 1.18 bits per heavy atom. The lowest BCUT2D eigenvalue weighted by atomic mass is 9.88. The van der Waals surface area contributed by atoms with Crippen molar-refractivity contribution in [2.24, 2.45) is 5.73 Å². The number of nitrogens with two attached hydrogens (primary N) is 1. The number of amides is 1. The molecule has 1 aliphatic heterocycles. The van der Waals surface area contributed by atoms with Gasteiger partial charge in [0.1, 0.15) is 4.90 Å². The van der Waals surface area contributed by atoms with Gasteiger partial charge in [-0.1, -0.05) is 42.8 Å². The summed E-state index contributed by atoms with van der Waals surface area (Å²) in [6, 6.07) is 13.9. The van der Waals surface area contributed by atoms with Gasteiger partial charge in [0.2, 0.25) is 15.9 Å². The summed E-state index contributed by atoms with van der Waals surface area (Å²) in [6.07, 6.45) is 1.33. The first kappa shape index (κ1) is 20.8. The van der Waals surface area contributed by atoms with Gasteiger partial charge in [-0.2, -0.15) is 4.31 Å². The van der Waals surface area contributed by atoms with Crippen molar-refractivity contribution in [2.45, 2.75) is 36.6 Å². The summed E-state index contributed by atoms with van der Waals surface area (Å²) < 4.78 is 27.0. The number of benzene rings is 2. The number of aryl methyl sites for hydroxylation is 1. The number of rotatable bonds is 5. The van der Waals surface area contributed by atoms with Gasteiger partial charge >= 0.3 is 0 Å². The van der Waals surface area contributed by atoms with Crippen molar-refractivity contribution in [3.05, 3.63) is 59.1 Å². The Bertz CT molecular complexity index is 970. The molecule has 2 aromatic rings. The fourth-order valence-corrected chi connectivity index (χ4v) is 5.20. The molecule has 0 bridgehead atoms. The molecule has 3 N–H and O–H groups in total. The molecule has 28 heavy (non-hydrogen) atoms. The topological polar surface area (TPSA) is 92.5 Å². The first-order valence-corrected chi connectivity index (χ1v) is 11.0. The summed E-state index contributed by atoms with van der Waals surface area (Å²) >= 11 is 6.05. The highest BCUT2D eigenvalue weighted by molar-refractivity contribution is 7.89. The van der Waals surface area contributed by atoms with Gasteiger partial charge in [-0.3, -0.25) is 4.79 Å². The molecule has 0 aromatic heterocycles. The minimum atomic E-state index is -3.72. The maximum atomic E-state index is 12.9. The van der Waals surface area contributed by atoms with Gasteiger partial charge in [0.25, 0.3) is 0 Å². The molecule has 0 saturated carbocycles. The molecule has 1 amide bonds. The Balaban J connectivity index is 1.69. The third kappa shape index (κ3) is 4.22. The van der Waals surface area contributed by atoms with Gasteiger partial charge in [0.05, 0.1) is 10.6 Å². The van der Waals surface area contributed by atoms with Crippen LogP contribution < -0.4 is 11.1 Å². The number of nitrogens with one attached hydrogen (secondary N) is 1. The molecule has 2 aromatic carbocycles. The summed E-state index contributed by atoms with van der Waals surface area (Å²) in [5, 5.41) is 3.05. The molecule has 1 heterocycles. The van der Waals surface area contributed by atoms with Gasteiger partial charge in [-0.15, -0.1) is 0 Å². The smallest absolute Gasteiger partial charge is 0.244 e. The zero-order valence-electron chi connectivity index (χ0n) is 15.7. The molecule has 0 aliphatic carbocycles. The van der Waals surface area contributed by atoms with Crippen molar-refractivity contribution in [1.29, 1.82) is 0 Å². The molecule has 0 radical (unpaired) electrons. The van der Waals surface area contributed by atoms with Crippen LogP contribution >= 0.6 is 11.6 Å². The fourth-order valence-electron chi connectivity index (χ4n) is 3.27. The van der Waals surface area contributed by atoms with E-state index in [9.17, 15) is 13.2 Å². The van der Waals surface area contributed by atoms with Crippen LogP contribution in [0.1, 0.15) is 25.3 Å². The molecule has 1 saturated heterocycles. The molecule has 8 heteroatoms. The van der Waals surface area contributed by atoms with Crippen molar-refractivity contribution < 1.29 is 13.2 Å². The zero-order chi connectivity index (χ0) is 20.4. The van der Waals surface area contributed by atoms with Crippen molar-refractivity contribution >= 4 is 33.2 Å². The molecule has 1 fully saturated rings. The molecule has 3 rings (SSSR count). The average Bonchev–Trinajstić information content (AvgIpc) is 2.68. The van der Waals surface area contributed by atoms with E-state index in [2.05, 4.69) is 5.32 Å². The molecule has 6 nitrogen and oxygen atoms in total. The fraction of sp³-hybridized carbons (Fsp3) is 0.350. The maximum absolute atomic E-state index is 12.9. The van der Waals surface area contributed by atoms with Crippen molar-refractivity contribution in [3.8, 4) is 0 Å². The summed E-state index contributed by atoms with van der Waals surface area (Å²) in [7, 11) is -3.72. The van der Waals surface area contributed by atoms with Crippen LogP contribution in [0.3, 0.4) is 0 Å². The summed E-state index contributed by atoms with van der Waals surface area (Å²) in [4.78, 5) is 12.8. The lowest BCUT2D eigenvalue weighted by Crippen LogP contribution is -2.58. The van der Waals surface area contributed by atoms with Crippen LogP contribution in [-0.2, 0) is 21.2 Å². The van der Waals surface area contributed by atoms with E-state index in [0.29, 0.717) is 5.69 Å². The highest BCUT2D eigenvalue weighted by atomic mass is 35.5. The zero-order valence-corrected chi connectivity index (χ0v) is 17.3. The standard InChI is InChI=1S/C20H24ClN3O3S/c1-2-15-6-5-7-16(14-15)23-19(25)20(22)10-12-24(13-11-20)28(26,27)18-9-4-3-8-17(18)21/h3-9,14H,2,10-13,22H2,1H3,(H,23,25). The van der Waals surface area contributed by atoms with Crippen molar-refractivity contribution in [3.63, 3.8) is 0 Å². The largest absolute Gasteiger partial charge is 0.324 e. The Morgan fingerprint density at radius 2 is 1.86 bits per heavy atom. The second-order valence-electron chi connectivity index (χ2n) is 7.00. The molecular formula is C20H24ClN3O3S. The van der Waals surface area contributed by atoms with E-state index >= 15 is 0 Å². The molecule has 150 valence electrons. The molecule has 1 aliphatic rings. The first-order valence-electron chi connectivity index (χ1n) is 9.20. The minimum absolute atomic E-state index is 0.0713. The highest BCUT2D eigenvalue weighted by Crippen LogP contribution is 2.29. The Kier molecular flexibility index (Phi) is 6.09. The van der Waals surface area contributed by atoms with Gasteiger partial charge in [-0.25, -0.2) is 8.42 Å². The predicted molar refractivity (Wildman–Crippen MR) is 111 cm³/mol. The van der Waals surface area contributed by atoms with E-state index in [1.54, 1.807) is 18.2 Å². The number of sulfonamides is 1. The van der Waals surface area contributed by atoms with Gasteiger partial charge < -0.3 is 11.1 Å². The molecule has 0 atom stereocenters. The number of anilines is 1. The SMILES string of the molecule is CCc1cccc(NC(=O)C2(N)CCN(S(=O)(=O)c3ccccc3Cl)CC2)c1. The second kappa shape index (κ2) is 8.21. The Hall–Kier alpha value is -1.93. The molecule has 0 spiro atoms. The van der Waals surface area contributed by atoms with Crippen molar-refractivity contribution in [1.82, 2.24) is 4.31 Å². The van der Waals surface area contributed by atoms with E-state index in [1.165, 1.54) is 10.4 Å². The number of piperidine rings is 1. The normalized spacial score (nSPS) is 17.2. The number of hydrogen-bond acceptors (Lipinski definition) is 4. The van der Waals surface area contributed by atoms with Crippen LogP contribution in [0.25, 0.3) is 0 Å². The second-order valence-corrected chi connectivity index (χ2v) is 9.31. The quantitative estimate of drug-likeness (QED) is 0.776. The third-order valence-electron chi connectivity index (χ3n) is 5.11. The number of nitrogens with zero attached hydrogens (tertiary/aromatic N) is 1. The van der Waals surface area contributed by atoms with Gasteiger partial charge in [-0.05, 0) is 49.1 Å². The van der Waals surface area contributed by atoms with Crippen LogP contribution in [0.2, 0.25) is 5.02 Å². The number of halogens is 1. The van der Waals surface area contributed by atoms with Crippen molar-refractivity contribution in [2.75, 3.05) is 18.4 Å². The van der Waals surface area contributed by atoms with E-state index < -0.39 is 15.6 Å². The molecular weight excluding hydrogens is 398 g/mol. The van der Waals surface area contributed by atoms with Crippen LogP contribution in [0.5, 0.6) is 0 Å². The van der Waals surface area contributed by atoms with E-state index in [1.807, 2.05) is 31.2 Å². The Morgan fingerprint density at radius 3 is 2.50 bits per heavy atom. The number of carbonyl (C=O) groups is 1. The maximum Gasteiger partial charge on any atom is 0.244 e. The summed E-state index contributed by atoms with van der Waals surface area (Å²) in [5.74, 6) is -0.296. The third-order valence-corrected chi connectivity index (χ3v) is 7.51. The van der Waals surface area contributed by atoms with Crippen LogP contribution in [0, 0.1) is 0 Å². The highest BCUT2D eigenvalue weighted by Gasteiger charge is 2.41. The van der Waals surface area contributed by atoms with Gasteiger partial charge in [0.15, 0.2) is 0 Å². The van der Waals surface area contributed by atoms with Crippen LogP contribution in [0.15, 0.2) is 53.4 Å². The lowest BCUT2D eigenvalue weighted by molar-refractivity contribution is -0.122. The van der Waals surface area contributed by atoms with Gasteiger partial charge in [0, 0.05) is 18.8 Å². The van der Waals surface area contributed by atoms with Crippen LogP contribution in [-0.4, -0.2) is 37.3 Å². The monoisotopic (exact) mass is 421 g/mol. The van der Waals surface area contributed by atoms with E-state index in [0.717, 1.165) is 12.0 Å². The van der Waals surface area contributed by atoms with E-state index in [4.69, 9.17) is 17.3 Å². The first-order chi connectivity index (χ1) is 13.3. The lowest BCUT2D eigenvalue weighted by Gasteiger charge is -2.37. The summed E-state index contributed by atoms with van der Waals surface area (Å²) in [5.41, 5.74) is 7.03.